The molecule has 0 saturated heterocycles. The van der Waals surface area contributed by atoms with Gasteiger partial charge in [0, 0.05) is 6.54 Å². The van der Waals surface area contributed by atoms with E-state index in [2.05, 4.69) is 12.2 Å². The fraction of sp³-hybridized carbons (Fsp3) is 0.500. The Bertz CT molecular complexity index is 391. The smallest absolute Gasteiger partial charge is 0.338 e. The van der Waals surface area contributed by atoms with Crippen LogP contribution in [0, 0.1) is 0 Å². The van der Waals surface area contributed by atoms with Crippen LogP contribution in [0.15, 0.2) is 18.2 Å². The quantitative estimate of drug-likeness (QED) is 0.597. The summed E-state index contributed by atoms with van der Waals surface area (Å²) < 4.78 is 9.94. The Balaban J connectivity index is 2.79. The third kappa shape index (κ3) is 4.04. The maximum atomic E-state index is 11.6. The second-order valence-corrected chi connectivity index (χ2v) is 4.04. The molecule has 0 amide bonds. The van der Waals surface area contributed by atoms with Crippen LogP contribution < -0.4 is 10.1 Å². The summed E-state index contributed by atoms with van der Waals surface area (Å²) in [5, 5.41) is 3.31. The largest absolute Gasteiger partial charge is 0.497 e. The van der Waals surface area contributed by atoms with Crippen LogP contribution in [-0.2, 0) is 11.3 Å². The van der Waals surface area contributed by atoms with Crippen LogP contribution in [0.4, 0.5) is 0 Å². The zero-order valence-electron chi connectivity index (χ0n) is 11.3. The lowest BCUT2D eigenvalue weighted by Crippen LogP contribution is -2.17. The molecule has 100 valence electrons. The van der Waals surface area contributed by atoms with E-state index in [0.29, 0.717) is 12.1 Å². The van der Waals surface area contributed by atoms with Gasteiger partial charge in [-0.15, -0.1) is 0 Å². The molecular weight excluding hydrogens is 230 g/mol. The van der Waals surface area contributed by atoms with Crippen molar-refractivity contribution in [1.82, 2.24) is 5.32 Å². The molecule has 1 aromatic carbocycles. The number of nitrogens with one attached hydrogen (secondary N) is 1. The second-order valence-electron chi connectivity index (χ2n) is 4.04. The molecule has 0 aliphatic carbocycles. The van der Waals surface area contributed by atoms with Gasteiger partial charge >= 0.3 is 5.97 Å². The molecule has 1 rings (SSSR count). The molecule has 0 radical (unpaired) electrons. The summed E-state index contributed by atoms with van der Waals surface area (Å²) in [6.45, 7) is 3.73. The minimum absolute atomic E-state index is 0.315. The van der Waals surface area contributed by atoms with E-state index in [-0.39, 0.29) is 5.97 Å². The third-order valence-corrected chi connectivity index (χ3v) is 2.74. The summed E-state index contributed by atoms with van der Waals surface area (Å²) in [6.07, 6.45) is 2.27. The predicted octanol–water partition coefficient (Wildman–Crippen LogP) is 2.37. The van der Waals surface area contributed by atoms with Crippen molar-refractivity contribution in [2.45, 2.75) is 26.3 Å². The molecule has 0 saturated carbocycles. The summed E-state index contributed by atoms with van der Waals surface area (Å²) in [5.41, 5.74) is 1.49. The van der Waals surface area contributed by atoms with Crippen molar-refractivity contribution in [3.63, 3.8) is 0 Å². The van der Waals surface area contributed by atoms with Gasteiger partial charge in [0.25, 0.3) is 0 Å². The van der Waals surface area contributed by atoms with Gasteiger partial charge in [0.05, 0.1) is 19.8 Å². The van der Waals surface area contributed by atoms with Gasteiger partial charge in [-0.05, 0) is 36.7 Å². The van der Waals surface area contributed by atoms with E-state index in [1.54, 1.807) is 19.2 Å². The number of esters is 1. The predicted molar refractivity (Wildman–Crippen MR) is 70.9 cm³/mol. The van der Waals surface area contributed by atoms with E-state index in [4.69, 9.17) is 9.47 Å². The van der Waals surface area contributed by atoms with Crippen LogP contribution in [0.2, 0.25) is 0 Å². The summed E-state index contributed by atoms with van der Waals surface area (Å²) in [7, 11) is 3.00. The first kappa shape index (κ1) is 14.5. The molecule has 4 nitrogen and oxygen atoms in total. The first-order valence-electron chi connectivity index (χ1n) is 6.18. The molecular formula is C14H21NO3. The van der Waals surface area contributed by atoms with Gasteiger partial charge in [0.15, 0.2) is 0 Å². The van der Waals surface area contributed by atoms with Crippen molar-refractivity contribution >= 4 is 5.97 Å². The van der Waals surface area contributed by atoms with Crippen molar-refractivity contribution < 1.29 is 14.3 Å². The summed E-state index contributed by atoms with van der Waals surface area (Å²) >= 11 is 0. The van der Waals surface area contributed by atoms with Gasteiger partial charge in [0.2, 0.25) is 0 Å². The fourth-order valence-corrected chi connectivity index (χ4v) is 1.68. The number of methoxy groups -OCH3 is 2. The molecule has 0 fully saturated rings. The Kier molecular flexibility index (Phi) is 6.22. The average Bonchev–Trinajstić information content (AvgIpc) is 2.42. The van der Waals surface area contributed by atoms with Crippen LogP contribution in [0.1, 0.15) is 35.7 Å². The number of ether oxygens (including phenoxy) is 2. The number of hydrogen-bond acceptors (Lipinski definition) is 4. The van der Waals surface area contributed by atoms with Crippen molar-refractivity contribution in [3.8, 4) is 5.75 Å². The second kappa shape index (κ2) is 7.71. The number of carbonyl (C=O) groups is 1. The molecule has 0 aromatic heterocycles. The van der Waals surface area contributed by atoms with Crippen molar-refractivity contribution in [2.24, 2.45) is 0 Å². The molecule has 0 aliphatic heterocycles. The Hall–Kier alpha value is -1.55. The third-order valence-electron chi connectivity index (χ3n) is 2.74. The van der Waals surface area contributed by atoms with Crippen LogP contribution in [0.3, 0.4) is 0 Å². The molecule has 18 heavy (non-hydrogen) atoms. The SMILES string of the molecule is CCCCNCc1cc(OC)ccc1C(=O)OC. The molecule has 0 atom stereocenters. The molecule has 0 aliphatic rings. The van der Waals surface area contributed by atoms with E-state index < -0.39 is 0 Å². The van der Waals surface area contributed by atoms with Crippen molar-refractivity contribution in [1.29, 1.82) is 0 Å². The van der Waals surface area contributed by atoms with E-state index >= 15 is 0 Å². The number of carbonyl (C=O) groups excluding carboxylic acids is 1. The number of rotatable bonds is 7. The van der Waals surface area contributed by atoms with E-state index in [1.165, 1.54) is 7.11 Å². The Morgan fingerprint density at radius 1 is 1.33 bits per heavy atom. The molecule has 0 spiro atoms. The van der Waals surface area contributed by atoms with E-state index in [1.807, 2.05) is 6.07 Å². The minimum Gasteiger partial charge on any atom is -0.497 e. The number of benzene rings is 1. The summed E-state index contributed by atoms with van der Waals surface area (Å²) in [4.78, 5) is 11.6. The number of unbranched alkanes of at least 4 members (excludes halogenated alkanes) is 1. The zero-order chi connectivity index (χ0) is 13.4. The lowest BCUT2D eigenvalue weighted by atomic mass is 10.1. The monoisotopic (exact) mass is 251 g/mol. The standard InChI is InChI=1S/C14H21NO3/c1-4-5-8-15-10-11-9-12(17-2)6-7-13(11)14(16)18-3/h6-7,9,15H,4-5,8,10H2,1-3H3. The molecule has 4 heteroatoms. The molecule has 0 unspecified atom stereocenters. The maximum absolute atomic E-state index is 11.6. The average molecular weight is 251 g/mol. The Morgan fingerprint density at radius 3 is 2.72 bits per heavy atom. The molecule has 0 heterocycles. The van der Waals surface area contributed by atoms with Gasteiger partial charge in [-0.1, -0.05) is 13.3 Å². The van der Waals surface area contributed by atoms with Crippen LogP contribution in [0.5, 0.6) is 5.75 Å². The molecule has 0 bridgehead atoms. The maximum Gasteiger partial charge on any atom is 0.338 e. The first-order chi connectivity index (χ1) is 8.72. The fourth-order valence-electron chi connectivity index (χ4n) is 1.68. The van der Waals surface area contributed by atoms with Crippen LogP contribution in [-0.4, -0.2) is 26.7 Å². The van der Waals surface area contributed by atoms with Gasteiger partial charge in [-0.3, -0.25) is 0 Å². The summed E-state index contributed by atoms with van der Waals surface area (Å²) in [6, 6.07) is 5.37. The van der Waals surface area contributed by atoms with E-state index in [0.717, 1.165) is 30.7 Å². The Labute approximate surface area is 108 Å². The van der Waals surface area contributed by atoms with Crippen LogP contribution in [0.25, 0.3) is 0 Å². The highest BCUT2D eigenvalue weighted by Gasteiger charge is 2.12. The van der Waals surface area contributed by atoms with Gasteiger partial charge in [0.1, 0.15) is 5.75 Å². The first-order valence-corrected chi connectivity index (χ1v) is 6.18. The summed E-state index contributed by atoms with van der Waals surface area (Å²) in [5.74, 6) is 0.430. The van der Waals surface area contributed by atoms with Gasteiger partial charge < -0.3 is 14.8 Å². The molecule has 1 aromatic rings. The number of hydrogen-bond donors (Lipinski definition) is 1. The molecule has 1 N–H and O–H groups in total. The Morgan fingerprint density at radius 2 is 2.11 bits per heavy atom. The normalized spacial score (nSPS) is 10.2. The highest BCUT2D eigenvalue weighted by Crippen LogP contribution is 2.18. The lowest BCUT2D eigenvalue weighted by molar-refractivity contribution is 0.0599. The lowest BCUT2D eigenvalue weighted by Gasteiger charge is -2.11. The minimum atomic E-state index is -0.315. The van der Waals surface area contributed by atoms with Gasteiger partial charge in [-0.2, -0.15) is 0 Å². The van der Waals surface area contributed by atoms with Gasteiger partial charge in [-0.25, -0.2) is 4.79 Å². The van der Waals surface area contributed by atoms with E-state index in [9.17, 15) is 4.79 Å². The highest BCUT2D eigenvalue weighted by molar-refractivity contribution is 5.91. The van der Waals surface area contributed by atoms with Crippen molar-refractivity contribution in [3.05, 3.63) is 29.3 Å². The highest BCUT2D eigenvalue weighted by atomic mass is 16.5. The topological polar surface area (TPSA) is 47.6 Å². The zero-order valence-corrected chi connectivity index (χ0v) is 11.3. The van der Waals surface area contributed by atoms with Crippen molar-refractivity contribution in [2.75, 3.05) is 20.8 Å². The van der Waals surface area contributed by atoms with Crippen LogP contribution >= 0.6 is 0 Å².